The first kappa shape index (κ1) is 38.8. The van der Waals surface area contributed by atoms with Crippen LogP contribution in [-0.4, -0.2) is 94.7 Å². The van der Waals surface area contributed by atoms with Gasteiger partial charge in [-0.05, 0) is 95.1 Å². The quantitative estimate of drug-likeness (QED) is 0.283. The maximum Gasteiger partial charge on any atom is 0.408 e. The molecular formula is C38H57N5O7. The molecule has 1 heterocycles. The van der Waals surface area contributed by atoms with Crippen molar-refractivity contribution in [1.29, 1.82) is 0 Å². The third kappa shape index (κ3) is 8.66. The summed E-state index contributed by atoms with van der Waals surface area (Å²) in [5.74, 6) is -3.02. The first-order chi connectivity index (χ1) is 23.2. The lowest BCUT2D eigenvalue weighted by Gasteiger charge is -2.35. The minimum Gasteiger partial charge on any atom is -0.444 e. The Labute approximate surface area is 296 Å². The number of Topliss-reactive ketones (excluding diaryl/α,β-unsaturated/α-hetero) is 1. The molecule has 1 saturated heterocycles. The third-order valence-electron chi connectivity index (χ3n) is 10.7. The molecule has 4 rings (SSSR count). The third-order valence-corrected chi connectivity index (χ3v) is 10.7. The van der Waals surface area contributed by atoms with Gasteiger partial charge in [0.2, 0.25) is 23.5 Å². The summed E-state index contributed by atoms with van der Waals surface area (Å²) in [7, 11) is 1.69. The minimum atomic E-state index is -1.10. The SMILES string of the molecule is CCCC(NC(=O)[C@@H]1[C@@H]2[C@H](CN1C(=O)[C@@H](NC(=O)OC(C)(C)C)C1Cc3ccccc3C1)C2(C)C)C(=O)C(=O)NCCC(=O)N(C)C(C)(C)C. The number of nitrogens with one attached hydrogen (secondary N) is 3. The normalized spacial score (nSPS) is 22.0. The molecule has 50 heavy (non-hydrogen) atoms. The zero-order valence-corrected chi connectivity index (χ0v) is 31.5. The van der Waals surface area contributed by atoms with Crippen molar-refractivity contribution in [1.82, 2.24) is 25.8 Å². The number of likely N-dealkylation sites (tertiary alicyclic amines) is 1. The Kier molecular flexibility index (Phi) is 11.4. The molecule has 0 spiro atoms. The number of benzene rings is 1. The van der Waals surface area contributed by atoms with E-state index in [0.29, 0.717) is 25.8 Å². The lowest BCUT2D eigenvalue weighted by atomic mass is 9.93. The van der Waals surface area contributed by atoms with E-state index in [1.165, 1.54) is 0 Å². The van der Waals surface area contributed by atoms with Gasteiger partial charge in [0.05, 0.1) is 6.04 Å². The lowest BCUT2D eigenvalue weighted by Crippen LogP contribution is -2.60. The van der Waals surface area contributed by atoms with Crippen molar-refractivity contribution >= 4 is 35.5 Å². The first-order valence-corrected chi connectivity index (χ1v) is 17.9. The number of carbonyl (C=O) groups excluding carboxylic acids is 6. The van der Waals surface area contributed by atoms with Gasteiger partial charge >= 0.3 is 6.09 Å². The minimum absolute atomic E-state index is 0.0173. The fourth-order valence-electron chi connectivity index (χ4n) is 7.52. The molecule has 0 bridgehead atoms. The Balaban J connectivity index is 1.50. The van der Waals surface area contributed by atoms with Gasteiger partial charge < -0.3 is 30.5 Å². The summed E-state index contributed by atoms with van der Waals surface area (Å²) >= 11 is 0. The molecule has 0 aromatic heterocycles. The number of rotatable bonds is 12. The molecule has 1 aliphatic heterocycles. The lowest BCUT2D eigenvalue weighted by molar-refractivity contribution is -0.144. The maximum absolute atomic E-state index is 14.5. The molecule has 3 aliphatic rings. The van der Waals surface area contributed by atoms with E-state index in [9.17, 15) is 28.8 Å². The first-order valence-electron chi connectivity index (χ1n) is 17.9. The van der Waals surface area contributed by atoms with E-state index in [1.54, 1.807) is 37.6 Å². The molecule has 12 nitrogen and oxygen atoms in total. The van der Waals surface area contributed by atoms with Gasteiger partial charge in [0.1, 0.15) is 17.7 Å². The zero-order valence-electron chi connectivity index (χ0n) is 31.5. The Morgan fingerprint density at radius 2 is 1.58 bits per heavy atom. The molecule has 3 N–H and O–H groups in total. The summed E-state index contributed by atoms with van der Waals surface area (Å²) < 4.78 is 5.55. The molecular weight excluding hydrogens is 638 g/mol. The number of hydrogen-bond donors (Lipinski definition) is 3. The van der Waals surface area contributed by atoms with Crippen LogP contribution in [0.15, 0.2) is 24.3 Å². The monoisotopic (exact) mass is 695 g/mol. The van der Waals surface area contributed by atoms with E-state index in [-0.39, 0.29) is 59.9 Å². The van der Waals surface area contributed by atoms with Gasteiger partial charge in [0.15, 0.2) is 0 Å². The average molecular weight is 696 g/mol. The fraction of sp³-hybridized carbons (Fsp3) is 0.684. The van der Waals surface area contributed by atoms with Crippen LogP contribution in [0.25, 0.3) is 0 Å². The molecule has 1 aromatic carbocycles. The summed E-state index contributed by atoms with van der Waals surface area (Å²) in [5, 5.41) is 8.22. The van der Waals surface area contributed by atoms with E-state index < -0.39 is 47.4 Å². The van der Waals surface area contributed by atoms with Crippen molar-refractivity contribution < 1.29 is 33.5 Å². The molecule has 2 fully saturated rings. The van der Waals surface area contributed by atoms with Crippen molar-refractivity contribution in [2.24, 2.45) is 23.2 Å². The predicted molar refractivity (Wildman–Crippen MR) is 189 cm³/mol. The van der Waals surface area contributed by atoms with Crippen molar-refractivity contribution in [3.8, 4) is 0 Å². The highest BCUT2D eigenvalue weighted by Gasteiger charge is 2.69. The molecule has 2 aliphatic carbocycles. The van der Waals surface area contributed by atoms with E-state index in [0.717, 1.165) is 11.1 Å². The van der Waals surface area contributed by atoms with Gasteiger partial charge in [-0.25, -0.2) is 4.79 Å². The van der Waals surface area contributed by atoms with Crippen LogP contribution in [0.3, 0.4) is 0 Å². The molecule has 1 aromatic rings. The largest absolute Gasteiger partial charge is 0.444 e. The van der Waals surface area contributed by atoms with Crippen molar-refractivity contribution in [3.63, 3.8) is 0 Å². The Hall–Kier alpha value is -3.96. The summed E-state index contributed by atoms with van der Waals surface area (Å²) in [6.45, 7) is 17.3. The van der Waals surface area contributed by atoms with Crippen molar-refractivity contribution in [2.75, 3.05) is 20.1 Å². The fourth-order valence-corrected chi connectivity index (χ4v) is 7.52. The van der Waals surface area contributed by atoms with Crippen LogP contribution in [0.2, 0.25) is 0 Å². The number of ketones is 1. The smallest absolute Gasteiger partial charge is 0.408 e. The van der Waals surface area contributed by atoms with Crippen LogP contribution >= 0.6 is 0 Å². The molecule has 12 heteroatoms. The van der Waals surface area contributed by atoms with Crippen LogP contribution in [0.5, 0.6) is 0 Å². The van der Waals surface area contributed by atoms with Crippen LogP contribution in [0.4, 0.5) is 4.79 Å². The molecule has 0 radical (unpaired) electrons. The molecule has 5 atom stereocenters. The standard InChI is InChI=1S/C38H57N5O7/c1-11-14-26(31(45)33(47)39-18-17-27(44)42(10)36(2,3)4)40-32(46)30-28-25(38(28,8)9)21-43(30)34(48)29(41-35(49)50-37(5,6)7)24-19-22-15-12-13-16-23(22)20-24/h12-13,15-16,24-26,28-30H,11,14,17-21H2,1-10H3,(H,39,47)(H,40,46)(H,41,49)/t25-,26?,28-,29-,30-/m0/s1. The molecule has 276 valence electrons. The van der Waals surface area contributed by atoms with Crippen molar-refractivity contribution in [3.05, 3.63) is 35.4 Å². The number of piperidine rings is 1. The number of carbonyl (C=O) groups is 6. The molecule has 1 unspecified atom stereocenters. The number of hydrogen-bond acceptors (Lipinski definition) is 7. The highest BCUT2D eigenvalue weighted by Crippen LogP contribution is 2.65. The number of amides is 5. The Morgan fingerprint density at radius 3 is 2.12 bits per heavy atom. The van der Waals surface area contributed by atoms with Gasteiger partial charge in [0.25, 0.3) is 5.91 Å². The Morgan fingerprint density at radius 1 is 0.980 bits per heavy atom. The Bertz CT molecular complexity index is 1470. The summed E-state index contributed by atoms with van der Waals surface area (Å²) in [5.41, 5.74) is 0.872. The summed E-state index contributed by atoms with van der Waals surface area (Å²) in [6.07, 6.45) is 1.25. The zero-order chi connectivity index (χ0) is 37.3. The second kappa shape index (κ2) is 14.7. The number of ether oxygens (including phenoxy) is 1. The van der Waals surface area contributed by atoms with E-state index in [2.05, 4.69) is 29.8 Å². The average Bonchev–Trinajstić information content (AvgIpc) is 3.38. The number of fused-ring (bicyclic) bond motifs is 2. The van der Waals surface area contributed by atoms with E-state index in [1.807, 2.05) is 52.0 Å². The van der Waals surface area contributed by atoms with Gasteiger partial charge in [-0.15, -0.1) is 0 Å². The summed E-state index contributed by atoms with van der Waals surface area (Å²) in [6, 6.07) is 5.04. The van der Waals surface area contributed by atoms with Gasteiger partial charge in [-0.2, -0.15) is 0 Å². The van der Waals surface area contributed by atoms with Gasteiger partial charge in [-0.3, -0.25) is 24.0 Å². The van der Waals surface area contributed by atoms with E-state index in [4.69, 9.17) is 4.74 Å². The highest BCUT2D eigenvalue weighted by molar-refractivity contribution is 6.38. The second-order valence-electron chi connectivity index (χ2n) is 16.8. The van der Waals surface area contributed by atoms with Crippen molar-refractivity contribution in [2.45, 2.75) is 124 Å². The topological polar surface area (TPSA) is 154 Å². The highest BCUT2D eigenvalue weighted by atomic mass is 16.6. The number of alkyl carbamates (subject to hydrolysis) is 1. The van der Waals surface area contributed by atoms with Crippen LogP contribution in [-0.2, 0) is 41.6 Å². The van der Waals surface area contributed by atoms with Crippen LogP contribution in [0, 0.1) is 23.2 Å². The van der Waals surface area contributed by atoms with Crippen LogP contribution < -0.4 is 16.0 Å². The molecule has 1 saturated carbocycles. The summed E-state index contributed by atoms with van der Waals surface area (Å²) in [4.78, 5) is 83.7. The van der Waals surface area contributed by atoms with Gasteiger partial charge in [0, 0.05) is 32.1 Å². The van der Waals surface area contributed by atoms with E-state index >= 15 is 0 Å². The second-order valence-corrected chi connectivity index (χ2v) is 16.8. The molecule has 5 amide bonds. The van der Waals surface area contributed by atoms with Crippen LogP contribution in [0.1, 0.15) is 92.7 Å². The van der Waals surface area contributed by atoms with Gasteiger partial charge in [-0.1, -0.05) is 51.5 Å². The maximum atomic E-state index is 14.5. The predicted octanol–water partition coefficient (Wildman–Crippen LogP) is 3.39. The number of nitrogens with zero attached hydrogens (tertiary/aromatic N) is 2.